The molecule has 0 saturated heterocycles. The number of aromatic nitrogens is 3. The van der Waals surface area contributed by atoms with E-state index in [2.05, 4.69) is 10.4 Å². The molecule has 2 heterocycles. The predicted molar refractivity (Wildman–Crippen MR) is 123 cm³/mol. The Kier molecular flexibility index (Phi) is 6.18. The van der Waals surface area contributed by atoms with Crippen LogP contribution in [0.5, 0.6) is 0 Å². The molecule has 0 atom stereocenters. The van der Waals surface area contributed by atoms with Gasteiger partial charge in [-0.25, -0.2) is 4.98 Å². The van der Waals surface area contributed by atoms with Crippen molar-refractivity contribution in [2.45, 2.75) is 20.8 Å². The van der Waals surface area contributed by atoms with E-state index in [0.717, 1.165) is 16.9 Å². The van der Waals surface area contributed by atoms with Crippen LogP contribution in [0.1, 0.15) is 19.4 Å². The molecule has 1 N–H and O–H groups in total. The summed E-state index contributed by atoms with van der Waals surface area (Å²) in [6.45, 7) is 6.11. The molecule has 2 aromatic carbocycles. The predicted octanol–water partition coefficient (Wildman–Crippen LogP) is 5.34. The van der Waals surface area contributed by atoms with Crippen LogP contribution in [0, 0.1) is 6.92 Å². The van der Waals surface area contributed by atoms with Crippen LogP contribution in [0.4, 0.5) is 11.5 Å². The monoisotopic (exact) mass is 436 g/mol. The van der Waals surface area contributed by atoms with Crippen LogP contribution in [0.3, 0.4) is 0 Å². The molecule has 0 saturated carbocycles. The SMILES string of the molecule is CCOP(=O)(OCC)c1cnn2c(Nc3ccc(C)cc3)cc(-c3ccccc3)nc12. The Morgan fingerprint density at radius 3 is 2.32 bits per heavy atom. The van der Waals surface area contributed by atoms with Gasteiger partial charge in [0.2, 0.25) is 0 Å². The second-order valence-electron chi connectivity index (χ2n) is 6.98. The zero-order chi connectivity index (χ0) is 21.8. The lowest BCUT2D eigenvalue weighted by Gasteiger charge is -2.16. The first kappa shape index (κ1) is 21.2. The number of nitrogens with zero attached hydrogens (tertiary/aromatic N) is 3. The fourth-order valence-corrected chi connectivity index (χ4v) is 4.91. The number of aryl methyl sites for hydroxylation is 1. The number of hydrogen-bond donors (Lipinski definition) is 1. The van der Waals surface area contributed by atoms with Crippen LogP contribution in [0.15, 0.2) is 66.9 Å². The van der Waals surface area contributed by atoms with E-state index < -0.39 is 7.60 Å². The Labute approximate surface area is 181 Å². The summed E-state index contributed by atoms with van der Waals surface area (Å²) < 4.78 is 26.2. The summed E-state index contributed by atoms with van der Waals surface area (Å²) in [4.78, 5) is 4.78. The number of anilines is 2. The molecule has 0 bridgehead atoms. The minimum absolute atomic E-state index is 0.251. The molecule has 0 radical (unpaired) electrons. The van der Waals surface area contributed by atoms with Crippen LogP contribution < -0.4 is 10.6 Å². The highest BCUT2D eigenvalue weighted by atomic mass is 31.2. The Hall–Kier alpha value is -2.99. The molecule has 0 unspecified atom stereocenters. The first-order valence-electron chi connectivity index (χ1n) is 10.2. The van der Waals surface area contributed by atoms with Gasteiger partial charge in [0.1, 0.15) is 11.1 Å². The van der Waals surface area contributed by atoms with Crippen LogP contribution in [-0.2, 0) is 13.6 Å². The fraction of sp³-hybridized carbons (Fsp3) is 0.217. The van der Waals surface area contributed by atoms with E-state index in [4.69, 9.17) is 14.0 Å². The molecule has 0 aliphatic carbocycles. The lowest BCUT2D eigenvalue weighted by atomic mass is 10.1. The van der Waals surface area contributed by atoms with Gasteiger partial charge in [-0.3, -0.25) is 4.57 Å². The van der Waals surface area contributed by atoms with E-state index in [9.17, 15) is 4.57 Å². The Balaban J connectivity index is 1.91. The van der Waals surface area contributed by atoms with Gasteiger partial charge >= 0.3 is 7.60 Å². The quantitative estimate of drug-likeness (QED) is 0.376. The van der Waals surface area contributed by atoms with Gasteiger partial charge in [-0.05, 0) is 32.9 Å². The summed E-state index contributed by atoms with van der Waals surface area (Å²) in [5.41, 5.74) is 4.18. The van der Waals surface area contributed by atoms with Crippen LogP contribution in [0.25, 0.3) is 16.9 Å². The third-order valence-corrected chi connectivity index (χ3v) is 6.84. The van der Waals surface area contributed by atoms with Crippen molar-refractivity contribution < 1.29 is 13.6 Å². The highest BCUT2D eigenvalue weighted by molar-refractivity contribution is 7.62. The first-order valence-corrected chi connectivity index (χ1v) is 11.8. The van der Waals surface area contributed by atoms with Crippen molar-refractivity contribution in [2.24, 2.45) is 0 Å². The summed E-state index contributed by atoms with van der Waals surface area (Å²) >= 11 is 0. The highest BCUT2D eigenvalue weighted by Crippen LogP contribution is 2.48. The molecule has 7 nitrogen and oxygen atoms in total. The van der Waals surface area contributed by atoms with E-state index >= 15 is 0 Å². The summed E-state index contributed by atoms with van der Waals surface area (Å²) in [7, 11) is -3.56. The maximum atomic E-state index is 13.5. The topological polar surface area (TPSA) is 77.8 Å². The zero-order valence-corrected chi connectivity index (χ0v) is 18.7. The molecule has 4 aromatic rings. The minimum atomic E-state index is -3.56. The van der Waals surface area contributed by atoms with E-state index in [-0.39, 0.29) is 13.2 Å². The Morgan fingerprint density at radius 2 is 1.68 bits per heavy atom. The smallest absolute Gasteiger partial charge is 0.340 e. The molecule has 0 fully saturated rings. The highest BCUT2D eigenvalue weighted by Gasteiger charge is 2.32. The zero-order valence-electron chi connectivity index (χ0n) is 17.8. The van der Waals surface area contributed by atoms with Crippen molar-refractivity contribution in [1.82, 2.24) is 14.6 Å². The third kappa shape index (κ3) is 4.39. The van der Waals surface area contributed by atoms with Crippen LogP contribution in [-0.4, -0.2) is 27.8 Å². The van der Waals surface area contributed by atoms with Crippen molar-refractivity contribution in [3.05, 3.63) is 72.4 Å². The van der Waals surface area contributed by atoms with Crippen molar-refractivity contribution in [3.8, 4) is 11.3 Å². The molecule has 0 spiro atoms. The third-order valence-electron chi connectivity index (χ3n) is 4.74. The lowest BCUT2D eigenvalue weighted by molar-refractivity contribution is 0.230. The average Bonchev–Trinajstić information content (AvgIpc) is 3.21. The van der Waals surface area contributed by atoms with E-state index in [1.165, 1.54) is 11.8 Å². The van der Waals surface area contributed by atoms with Gasteiger partial charge in [-0.2, -0.15) is 9.61 Å². The van der Waals surface area contributed by atoms with E-state index in [0.29, 0.717) is 16.8 Å². The molecule has 160 valence electrons. The molecule has 2 aromatic heterocycles. The number of nitrogens with one attached hydrogen (secondary N) is 1. The van der Waals surface area contributed by atoms with Gasteiger partial charge < -0.3 is 14.4 Å². The normalized spacial score (nSPS) is 11.7. The summed E-state index contributed by atoms with van der Waals surface area (Å²) in [6, 6.07) is 19.8. The average molecular weight is 436 g/mol. The molecular weight excluding hydrogens is 411 g/mol. The van der Waals surface area contributed by atoms with E-state index in [1.807, 2.05) is 67.6 Å². The number of rotatable bonds is 8. The summed E-state index contributed by atoms with van der Waals surface area (Å²) in [5.74, 6) is 0.693. The second-order valence-corrected chi connectivity index (χ2v) is 8.98. The molecule has 0 aliphatic rings. The number of benzene rings is 2. The van der Waals surface area contributed by atoms with Crippen molar-refractivity contribution in [2.75, 3.05) is 18.5 Å². The molecule has 0 aliphatic heterocycles. The minimum Gasteiger partial charge on any atom is -0.340 e. The Bertz CT molecular complexity index is 1210. The molecular formula is C23H25N4O3P. The largest absolute Gasteiger partial charge is 0.366 e. The van der Waals surface area contributed by atoms with Gasteiger partial charge in [-0.1, -0.05) is 48.0 Å². The van der Waals surface area contributed by atoms with Gasteiger partial charge in [0.15, 0.2) is 5.65 Å². The summed E-state index contributed by atoms with van der Waals surface area (Å²) in [5, 5.41) is 8.21. The van der Waals surface area contributed by atoms with Gasteiger partial charge in [0.25, 0.3) is 0 Å². The maximum absolute atomic E-state index is 13.5. The number of fused-ring (bicyclic) bond motifs is 1. The molecule has 4 rings (SSSR count). The fourth-order valence-electron chi connectivity index (χ4n) is 3.29. The van der Waals surface area contributed by atoms with Crippen LogP contribution >= 0.6 is 7.60 Å². The molecule has 8 heteroatoms. The van der Waals surface area contributed by atoms with E-state index in [1.54, 1.807) is 18.4 Å². The molecule has 31 heavy (non-hydrogen) atoms. The number of hydrogen-bond acceptors (Lipinski definition) is 6. The molecule has 0 amide bonds. The van der Waals surface area contributed by atoms with Gasteiger partial charge in [0.05, 0.1) is 25.1 Å². The lowest BCUT2D eigenvalue weighted by Crippen LogP contribution is -2.12. The van der Waals surface area contributed by atoms with Crippen molar-refractivity contribution >= 4 is 30.1 Å². The maximum Gasteiger partial charge on any atom is 0.366 e. The first-order chi connectivity index (χ1) is 15.0. The standard InChI is InChI=1S/C23H25N4O3P/c1-4-29-31(28,30-5-2)21-16-24-27-22(25-19-13-11-17(3)12-14-19)15-20(26-23(21)27)18-9-7-6-8-10-18/h6-16,25H,4-5H2,1-3H3. The van der Waals surface area contributed by atoms with Crippen LogP contribution in [0.2, 0.25) is 0 Å². The second kappa shape index (κ2) is 9.02. The van der Waals surface area contributed by atoms with Gasteiger partial charge in [-0.15, -0.1) is 0 Å². The van der Waals surface area contributed by atoms with Crippen molar-refractivity contribution in [3.63, 3.8) is 0 Å². The summed E-state index contributed by atoms with van der Waals surface area (Å²) in [6.07, 6.45) is 1.52. The van der Waals surface area contributed by atoms with Crippen molar-refractivity contribution in [1.29, 1.82) is 0 Å². The van der Waals surface area contributed by atoms with Gasteiger partial charge in [0, 0.05) is 17.3 Å². The Morgan fingerprint density at radius 1 is 1.00 bits per heavy atom.